The number of nitrogens with one attached hydrogen (secondary N) is 2. The summed E-state index contributed by atoms with van der Waals surface area (Å²) in [5, 5.41) is 14.1. The van der Waals surface area contributed by atoms with E-state index in [9.17, 15) is 9.18 Å². The van der Waals surface area contributed by atoms with Crippen LogP contribution < -0.4 is 10.6 Å². The number of nitriles is 1. The molecule has 0 unspecified atom stereocenters. The van der Waals surface area contributed by atoms with Crippen LogP contribution >= 0.6 is 0 Å². The molecule has 0 aliphatic rings. The molecule has 23 heavy (non-hydrogen) atoms. The number of carbonyl (C=O) groups excluding carboxylic acids is 1. The Morgan fingerprint density at radius 3 is 2.57 bits per heavy atom. The Morgan fingerprint density at radius 1 is 1.22 bits per heavy atom. The lowest BCUT2D eigenvalue weighted by atomic mass is 10.1. The molecule has 2 aromatic rings. The maximum absolute atomic E-state index is 13.0. The molecule has 0 aliphatic heterocycles. The number of carbonyl (C=O) groups is 1. The molecule has 6 heteroatoms. The van der Waals surface area contributed by atoms with Gasteiger partial charge in [0.1, 0.15) is 11.9 Å². The first-order valence-corrected chi connectivity index (χ1v) is 6.93. The van der Waals surface area contributed by atoms with Crippen LogP contribution in [0.15, 0.2) is 42.5 Å². The molecule has 0 saturated heterocycles. The molecular formula is C17H16FN3O2. The van der Waals surface area contributed by atoms with Gasteiger partial charge in [-0.15, -0.1) is 0 Å². The third kappa shape index (κ3) is 4.80. The van der Waals surface area contributed by atoms with Gasteiger partial charge in [-0.3, -0.25) is 0 Å². The topological polar surface area (TPSA) is 74.2 Å². The predicted molar refractivity (Wildman–Crippen MR) is 84.1 cm³/mol. The lowest BCUT2D eigenvalue weighted by Crippen LogP contribution is -2.28. The zero-order valence-corrected chi connectivity index (χ0v) is 12.6. The molecule has 0 bridgehead atoms. The van der Waals surface area contributed by atoms with Crippen LogP contribution in [0.25, 0.3) is 0 Å². The molecule has 0 spiro atoms. The number of rotatable bonds is 5. The van der Waals surface area contributed by atoms with Gasteiger partial charge >= 0.3 is 6.03 Å². The highest BCUT2D eigenvalue weighted by molar-refractivity contribution is 5.90. The number of hydrogen-bond acceptors (Lipinski definition) is 3. The van der Waals surface area contributed by atoms with Crippen molar-refractivity contribution in [3.05, 3.63) is 65.0 Å². The Morgan fingerprint density at radius 2 is 1.91 bits per heavy atom. The van der Waals surface area contributed by atoms with Gasteiger partial charge in [-0.05, 0) is 29.3 Å². The van der Waals surface area contributed by atoms with Crippen LogP contribution in [0.1, 0.15) is 16.7 Å². The van der Waals surface area contributed by atoms with Gasteiger partial charge in [-0.25, -0.2) is 9.18 Å². The minimum atomic E-state index is -0.524. The Bertz CT molecular complexity index is 724. The summed E-state index contributed by atoms with van der Waals surface area (Å²) in [6.07, 6.45) is 0. The Kier molecular flexibility index (Phi) is 5.67. The molecule has 2 N–H and O–H groups in total. The molecule has 0 atom stereocenters. The molecule has 0 heterocycles. The van der Waals surface area contributed by atoms with Crippen molar-refractivity contribution in [3.8, 4) is 6.07 Å². The van der Waals surface area contributed by atoms with Crippen LogP contribution in [0.5, 0.6) is 0 Å². The van der Waals surface area contributed by atoms with E-state index in [-0.39, 0.29) is 11.3 Å². The summed E-state index contributed by atoms with van der Waals surface area (Å²) in [7, 11) is 1.63. The maximum Gasteiger partial charge on any atom is 0.319 e. The number of anilines is 1. The molecule has 118 valence electrons. The quantitative estimate of drug-likeness (QED) is 0.890. The number of ether oxygens (including phenoxy) is 1. The van der Waals surface area contributed by atoms with Crippen LogP contribution in [0, 0.1) is 17.1 Å². The molecular weight excluding hydrogens is 297 g/mol. The van der Waals surface area contributed by atoms with Gasteiger partial charge in [0.15, 0.2) is 0 Å². The van der Waals surface area contributed by atoms with Crippen molar-refractivity contribution in [2.75, 3.05) is 12.4 Å². The van der Waals surface area contributed by atoms with E-state index in [0.29, 0.717) is 13.2 Å². The van der Waals surface area contributed by atoms with Crippen molar-refractivity contribution in [2.45, 2.75) is 13.2 Å². The molecule has 0 fully saturated rings. The van der Waals surface area contributed by atoms with Gasteiger partial charge in [0.05, 0.1) is 17.9 Å². The van der Waals surface area contributed by atoms with Crippen LogP contribution in [0.3, 0.4) is 0 Å². The standard InChI is InChI=1S/C17H16FN3O2/c1-23-11-13-4-2-12(3-5-13)10-20-17(22)21-16-7-6-15(18)8-14(16)9-19/h2-8H,10-11H2,1H3,(H2,20,21,22). The summed E-state index contributed by atoms with van der Waals surface area (Å²) in [5.41, 5.74) is 2.32. The fourth-order valence-corrected chi connectivity index (χ4v) is 1.99. The lowest BCUT2D eigenvalue weighted by Gasteiger charge is -2.09. The molecule has 0 radical (unpaired) electrons. The van der Waals surface area contributed by atoms with Gasteiger partial charge < -0.3 is 15.4 Å². The summed E-state index contributed by atoms with van der Waals surface area (Å²) in [6.45, 7) is 0.873. The number of nitrogens with zero attached hydrogens (tertiary/aromatic N) is 1. The molecule has 2 amide bonds. The number of hydrogen-bond donors (Lipinski definition) is 2. The molecule has 2 rings (SSSR count). The Labute approximate surface area is 133 Å². The largest absolute Gasteiger partial charge is 0.380 e. The second-order valence-corrected chi connectivity index (χ2v) is 4.86. The minimum absolute atomic E-state index is 0.0732. The summed E-state index contributed by atoms with van der Waals surface area (Å²) >= 11 is 0. The average molecular weight is 313 g/mol. The van der Waals surface area contributed by atoms with Crippen LogP contribution in [-0.2, 0) is 17.9 Å². The summed E-state index contributed by atoms with van der Waals surface area (Å²) in [4.78, 5) is 11.9. The average Bonchev–Trinajstić information content (AvgIpc) is 2.56. The van der Waals surface area contributed by atoms with Crippen molar-refractivity contribution in [1.29, 1.82) is 5.26 Å². The highest BCUT2D eigenvalue weighted by Crippen LogP contribution is 2.15. The number of amides is 2. The highest BCUT2D eigenvalue weighted by Gasteiger charge is 2.07. The van der Waals surface area contributed by atoms with E-state index in [0.717, 1.165) is 17.2 Å². The number of halogens is 1. The van der Waals surface area contributed by atoms with Gasteiger partial charge in [0.25, 0.3) is 0 Å². The van der Waals surface area contributed by atoms with Crippen molar-refractivity contribution in [2.24, 2.45) is 0 Å². The van der Waals surface area contributed by atoms with E-state index in [1.54, 1.807) is 7.11 Å². The van der Waals surface area contributed by atoms with Gasteiger partial charge in [-0.1, -0.05) is 24.3 Å². The number of urea groups is 1. The first kappa shape index (κ1) is 16.5. The molecule has 0 saturated carbocycles. The molecule has 2 aromatic carbocycles. The van der Waals surface area contributed by atoms with Gasteiger partial charge in [0, 0.05) is 13.7 Å². The van der Waals surface area contributed by atoms with Gasteiger partial charge in [-0.2, -0.15) is 5.26 Å². The minimum Gasteiger partial charge on any atom is -0.380 e. The highest BCUT2D eigenvalue weighted by atomic mass is 19.1. The van der Waals surface area contributed by atoms with Crippen LogP contribution in [-0.4, -0.2) is 13.1 Å². The SMILES string of the molecule is COCc1ccc(CNC(=O)Nc2ccc(F)cc2C#N)cc1. The van der Waals surface area contributed by atoms with E-state index < -0.39 is 11.8 Å². The third-order valence-corrected chi connectivity index (χ3v) is 3.14. The molecule has 0 aromatic heterocycles. The number of methoxy groups -OCH3 is 1. The fourth-order valence-electron chi connectivity index (χ4n) is 1.99. The van der Waals surface area contributed by atoms with Crippen LogP contribution in [0.2, 0.25) is 0 Å². The van der Waals surface area contributed by atoms with Crippen molar-refractivity contribution >= 4 is 11.7 Å². The van der Waals surface area contributed by atoms with E-state index in [1.165, 1.54) is 12.1 Å². The zero-order valence-electron chi connectivity index (χ0n) is 12.6. The predicted octanol–water partition coefficient (Wildman–Crippen LogP) is 3.17. The second kappa shape index (κ2) is 7.92. The smallest absolute Gasteiger partial charge is 0.319 e. The van der Waals surface area contributed by atoms with Crippen molar-refractivity contribution in [1.82, 2.24) is 5.32 Å². The fraction of sp³-hybridized carbons (Fsp3) is 0.176. The maximum atomic E-state index is 13.0. The zero-order chi connectivity index (χ0) is 16.7. The Hall–Kier alpha value is -2.91. The Balaban J connectivity index is 1.91. The van der Waals surface area contributed by atoms with Crippen molar-refractivity contribution < 1.29 is 13.9 Å². The van der Waals surface area contributed by atoms with E-state index in [1.807, 2.05) is 30.3 Å². The normalized spacial score (nSPS) is 9.96. The summed E-state index contributed by atoms with van der Waals surface area (Å²) in [5.74, 6) is -0.524. The second-order valence-electron chi connectivity index (χ2n) is 4.86. The van der Waals surface area contributed by atoms with E-state index in [2.05, 4.69) is 10.6 Å². The first-order valence-electron chi connectivity index (χ1n) is 6.93. The van der Waals surface area contributed by atoms with Crippen molar-refractivity contribution in [3.63, 3.8) is 0 Å². The summed E-state index contributed by atoms with van der Waals surface area (Å²) < 4.78 is 18.1. The molecule has 5 nitrogen and oxygen atoms in total. The van der Waals surface area contributed by atoms with Gasteiger partial charge in [0.2, 0.25) is 0 Å². The summed E-state index contributed by atoms with van der Waals surface area (Å²) in [6, 6.07) is 12.6. The van der Waals surface area contributed by atoms with Crippen LogP contribution in [0.4, 0.5) is 14.9 Å². The first-order chi connectivity index (χ1) is 11.1. The number of benzene rings is 2. The molecule has 0 aliphatic carbocycles. The third-order valence-electron chi connectivity index (χ3n) is 3.14. The lowest BCUT2D eigenvalue weighted by molar-refractivity contribution is 0.185. The monoisotopic (exact) mass is 313 g/mol. The van der Waals surface area contributed by atoms with E-state index >= 15 is 0 Å². The van der Waals surface area contributed by atoms with E-state index in [4.69, 9.17) is 10.00 Å².